The van der Waals surface area contributed by atoms with E-state index in [1.54, 1.807) is 13.3 Å². The zero-order valence-corrected chi connectivity index (χ0v) is 15.1. The first-order valence-electron chi connectivity index (χ1n) is 8.42. The Morgan fingerprint density at radius 3 is 2.81 bits per heavy atom. The second-order valence-corrected chi connectivity index (χ2v) is 5.80. The molecule has 0 saturated heterocycles. The largest absolute Gasteiger partial charge is 0.497 e. The lowest BCUT2D eigenvalue weighted by atomic mass is 10.1. The zero-order chi connectivity index (χ0) is 18.5. The van der Waals surface area contributed by atoms with Crippen molar-refractivity contribution < 1.29 is 14.3 Å². The van der Waals surface area contributed by atoms with Gasteiger partial charge in [0, 0.05) is 30.3 Å². The quantitative estimate of drug-likeness (QED) is 0.738. The Balaban J connectivity index is 1.77. The number of nitrogens with one attached hydrogen (secondary N) is 1. The van der Waals surface area contributed by atoms with Gasteiger partial charge in [0.15, 0.2) is 0 Å². The summed E-state index contributed by atoms with van der Waals surface area (Å²) in [4.78, 5) is 21.2. The Labute approximate surface area is 152 Å². The van der Waals surface area contributed by atoms with Crippen molar-refractivity contribution in [2.45, 2.75) is 20.4 Å². The van der Waals surface area contributed by atoms with E-state index in [2.05, 4.69) is 15.3 Å². The van der Waals surface area contributed by atoms with Crippen LogP contribution in [0.3, 0.4) is 0 Å². The standard InChI is InChI=1S/C20H21N3O3/c1-4-26-19-9-14(7-8-21-19)12-22-20(24)17-10-15-5-6-16(25-3)11-18(15)23-13(17)2/h5-11H,4,12H2,1-3H3,(H,22,24). The highest BCUT2D eigenvalue weighted by Gasteiger charge is 2.12. The van der Waals surface area contributed by atoms with Gasteiger partial charge in [-0.2, -0.15) is 0 Å². The van der Waals surface area contributed by atoms with Gasteiger partial charge in [0.2, 0.25) is 5.88 Å². The molecule has 0 aliphatic heterocycles. The number of benzene rings is 1. The maximum absolute atomic E-state index is 12.6. The van der Waals surface area contributed by atoms with Crippen LogP contribution in [-0.4, -0.2) is 29.6 Å². The first-order chi connectivity index (χ1) is 12.6. The summed E-state index contributed by atoms with van der Waals surface area (Å²) < 4.78 is 10.6. The van der Waals surface area contributed by atoms with E-state index in [4.69, 9.17) is 9.47 Å². The van der Waals surface area contributed by atoms with E-state index < -0.39 is 0 Å². The summed E-state index contributed by atoms with van der Waals surface area (Å²) in [5.41, 5.74) is 2.96. The summed E-state index contributed by atoms with van der Waals surface area (Å²) >= 11 is 0. The van der Waals surface area contributed by atoms with Crippen molar-refractivity contribution in [3.63, 3.8) is 0 Å². The molecule has 1 amide bonds. The lowest BCUT2D eigenvalue weighted by Crippen LogP contribution is -2.24. The number of pyridine rings is 2. The second-order valence-electron chi connectivity index (χ2n) is 5.80. The molecule has 0 unspecified atom stereocenters. The fourth-order valence-corrected chi connectivity index (χ4v) is 2.66. The molecule has 3 aromatic rings. The van der Waals surface area contributed by atoms with Crippen molar-refractivity contribution in [1.82, 2.24) is 15.3 Å². The van der Waals surface area contributed by atoms with E-state index in [-0.39, 0.29) is 5.91 Å². The van der Waals surface area contributed by atoms with Gasteiger partial charge in [0.1, 0.15) is 5.75 Å². The molecule has 0 aliphatic carbocycles. The Hall–Kier alpha value is -3.15. The summed E-state index contributed by atoms with van der Waals surface area (Å²) in [5.74, 6) is 1.13. The number of aryl methyl sites for hydroxylation is 1. The molecule has 134 valence electrons. The van der Waals surface area contributed by atoms with Crippen molar-refractivity contribution in [3.8, 4) is 11.6 Å². The molecular weight excluding hydrogens is 330 g/mol. The summed E-state index contributed by atoms with van der Waals surface area (Å²) in [6.45, 7) is 4.67. The fraction of sp³-hybridized carbons (Fsp3) is 0.250. The van der Waals surface area contributed by atoms with E-state index >= 15 is 0 Å². The molecular formula is C20H21N3O3. The van der Waals surface area contributed by atoms with Crippen molar-refractivity contribution in [2.24, 2.45) is 0 Å². The maximum Gasteiger partial charge on any atom is 0.253 e. The molecule has 0 spiro atoms. The maximum atomic E-state index is 12.6. The molecule has 0 fully saturated rings. The van der Waals surface area contributed by atoms with E-state index in [1.807, 2.05) is 50.2 Å². The number of rotatable bonds is 6. The second kappa shape index (κ2) is 7.82. The Bertz CT molecular complexity index is 941. The smallest absolute Gasteiger partial charge is 0.253 e. The molecule has 0 atom stereocenters. The highest BCUT2D eigenvalue weighted by Crippen LogP contribution is 2.21. The predicted octanol–water partition coefficient (Wildman–Crippen LogP) is 3.28. The van der Waals surface area contributed by atoms with Crippen molar-refractivity contribution >= 4 is 16.8 Å². The van der Waals surface area contributed by atoms with E-state index in [9.17, 15) is 4.79 Å². The number of nitrogens with zero attached hydrogens (tertiary/aromatic N) is 2. The lowest BCUT2D eigenvalue weighted by molar-refractivity contribution is 0.0950. The van der Waals surface area contributed by atoms with Crippen LogP contribution < -0.4 is 14.8 Å². The Kier molecular flexibility index (Phi) is 5.31. The van der Waals surface area contributed by atoms with Crippen molar-refractivity contribution in [3.05, 3.63) is 59.4 Å². The molecule has 3 rings (SSSR count). The molecule has 1 aromatic carbocycles. The van der Waals surface area contributed by atoms with Crippen LogP contribution in [0.4, 0.5) is 0 Å². The van der Waals surface area contributed by atoms with Gasteiger partial charge in [0.25, 0.3) is 5.91 Å². The minimum atomic E-state index is -0.164. The topological polar surface area (TPSA) is 73.3 Å². The number of aromatic nitrogens is 2. The fourth-order valence-electron chi connectivity index (χ4n) is 2.66. The number of methoxy groups -OCH3 is 1. The van der Waals surface area contributed by atoms with Crippen LogP contribution in [0.2, 0.25) is 0 Å². The average Bonchev–Trinajstić information content (AvgIpc) is 2.65. The van der Waals surface area contributed by atoms with Gasteiger partial charge < -0.3 is 14.8 Å². The van der Waals surface area contributed by atoms with Crippen molar-refractivity contribution in [1.29, 1.82) is 0 Å². The molecule has 0 radical (unpaired) electrons. The van der Waals surface area contributed by atoms with E-state index in [1.165, 1.54) is 0 Å². The summed E-state index contributed by atoms with van der Waals surface area (Å²) in [5, 5.41) is 3.82. The van der Waals surface area contributed by atoms with Gasteiger partial charge in [-0.15, -0.1) is 0 Å². The average molecular weight is 351 g/mol. The molecule has 0 bridgehead atoms. The van der Waals surface area contributed by atoms with Gasteiger partial charge in [-0.05, 0) is 43.7 Å². The number of fused-ring (bicyclic) bond motifs is 1. The summed E-state index contributed by atoms with van der Waals surface area (Å²) in [6, 6.07) is 11.1. The zero-order valence-electron chi connectivity index (χ0n) is 15.1. The summed E-state index contributed by atoms with van der Waals surface area (Å²) in [6.07, 6.45) is 1.67. The normalized spacial score (nSPS) is 10.6. The van der Waals surface area contributed by atoms with Crippen LogP contribution in [0.15, 0.2) is 42.6 Å². The van der Waals surface area contributed by atoms with E-state index in [0.717, 1.165) is 22.2 Å². The van der Waals surface area contributed by atoms with Gasteiger partial charge in [-0.1, -0.05) is 0 Å². The third-order valence-corrected chi connectivity index (χ3v) is 4.00. The van der Waals surface area contributed by atoms with Crippen LogP contribution in [0.1, 0.15) is 28.5 Å². The van der Waals surface area contributed by atoms with Crippen LogP contribution in [0.25, 0.3) is 10.9 Å². The first-order valence-corrected chi connectivity index (χ1v) is 8.42. The molecule has 1 N–H and O–H groups in total. The van der Waals surface area contributed by atoms with Gasteiger partial charge in [-0.25, -0.2) is 4.98 Å². The van der Waals surface area contributed by atoms with Crippen molar-refractivity contribution in [2.75, 3.05) is 13.7 Å². The Morgan fingerprint density at radius 1 is 1.19 bits per heavy atom. The van der Waals surface area contributed by atoms with Crippen LogP contribution in [0, 0.1) is 6.92 Å². The number of hydrogen-bond donors (Lipinski definition) is 1. The number of ether oxygens (including phenoxy) is 2. The lowest BCUT2D eigenvalue weighted by Gasteiger charge is -2.10. The Morgan fingerprint density at radius 2 is 2.04 bits per heavy atom. The highest BCUT2D eigenvalue weighted by molar-refractivity contribution is 5.98. The third-order valence-electron chi connectivity index (χ3n) is 4.00. The molecule has 0 aliphatic rings. The molecule has 6 nitrogen and oxygen atoms in total. The molecule has 6 heteroatoms. The number of amides is 1. The van der Waals surface area contributed by atoms with Crippen LogP contribution in [0.5, 0.6) is 11.6 Å². The van der Waals surface area contributed by atoms with Crippen LogP contribution >= 0.6 is 0 Å². The van der Waals surface area contributed by atoms with Gasteiger partial charge in [-0.3, -0.25) is 9.78 Å². The minimum absolute atomic E-state index is 0.164. The molecule has 2 aromatic heterocycles. The van der Waals surface area contributed by atoms with Gasteiger partial charge in [0.05, 0.1) is 30.5 Å². The molecule has 0 saturated carbocycles. The van der Waals surface area contributed by atoms with Gasteiger partial charge >= 0.3 is 0 Å². The SMILES string of the molecule is CCOc1cc(CNC(=O)c2cc3ccc(OC)cc3nc2C)ccn1. The predicted molar refractivity (Wildman–Crippen MR) is 99.6 cm³/mol. The highest BCUT2D eigenvalue weighted by atomic mass is 16.5. The van der Waals surface area contributed by atoms with E-state index in [0.29, 0.717) is 30.3 Å². The molecule has 2 heterocycles. The number of hydrogen-bond acceptors (Lipinski definition) is 5. The monoisotopic (exact) mass is 351 g/mol. The minimum Gasteiger partial charge on any atom is -0.497 e. The first kappa shape index (κ1) is 17.7. The molecule has 26 heavy (non-hydrogen) atoms. The number of carbonyl (C=O) groups excluding carboxylic acids is 1. The summed E-state index contributed by atoms with van der Waals surface area (Å²) in [7, 11) is 1.62. The number of carbonyl (C=O) groups is 1. The third kappa shape index (κ3) is 3.91. The van der Waals surface area contributed by atoms with Crippen LogP contribution in [-0.2, 0) is 6.54 Å².